The Morgan fingerprint density at radius 2 is 2.35 bits per heavy atom. The summed E-state index contributed by atoms with van der Waals surface area (Å²) in [6.07, 6.45) is 0.445. The van der Waals surface area contributed by atoms with Gasteiger partial charge in [0.25, 0.3) is 0 Å². The van der Waals surface area contributed by atoms with Crippen molar-refractivity contribution >= 4 is 17.4 Å². The SMILES string of the molecule is COc1ccc2c(c1)C(=O)CC(CC(N)=O)N2. The predicted molar refractivity (Wildman–Crippen MR) is 63.2 cm³/mol. The summed E-state index contributed by atoms with van der Waals surface area (Å²) in [5.41, 5.74) is 6.46. The first kappa shape index (κ1) is 11.4. The van der Waals surface area contributed by atoms with E-state index in [-0.39, 0.29) is 24.7 Å². The number of ketones is 1. The fraction of sp³-hybridized carbons (Fsp3) is 0.333. The van der Waals surface area contributed by atoms with E-state index in [1.54, 1.807) is 25.3 Å². The van der Waals surface area contributed by atoms with Gasteiger partial charge in [0, 0.05) is 30.1 Å². The van der Waals surface area contributed by atoms with E-state index >= 15 is 0 Å². The molecule has 0 aliphatic carbocycles. The van der Waals surface area contributed by atoms with Gasteiger partial charge in [0.2, 0.25) is 5.91 Å². The Morgan fingerprint density at radius 3 is 3.00 bits per heavy atom. The number of anilines is 1. The number of benzene rings is 1. The highest BCUT2D eigenvalue weighted by Crippen LogP contribution is 2.29. The molecule has 5 heteroatoms. The van der Waals surface area contributed by atoms with Gasteiger partial charge in [-0.1, -0.05) is 0 Å². The van der Waals surface area contributed by atoms with Crippen molar-refractivity contribution in [3.05, 3.63) is 23.8 Å². The van der Waals surface area contributed by atoms with Gasteiger partial charge in [0.15, 0.2) is 5.78 Å². The molecule has 0 bridgehead atoms. The Balaban J connectivity index is 2.25. The highest BCUT2D eigenvalue weighted by atomic mass is 16.5. The van der Waals surface area contributed by atoms with Crippen LogP contribution in [0, 0.1) is 0 Å². The average molecular weight is 234 g/mol. The monoisotopic (exact) mass is 234 g/mol. The van der Waals surface area contributed by atoms with Gasteiger partial charge < -0.3 is 15.8 Å². The van der Waals surface area contributed by atoms with Crippen molar-refractivity contribution in [1.82, 2.24) is 0 Å². The highest BCUT2D eigenvalue weighted by Gasteiger charge is 2.25. The number of hydrogen-bond acceptors (Lipinski definition) is 4. The third kappa shape index (κ3) is 2.38. The Hall–Kier alpha value is -2.04. The molecular weight excluding hydrogens is 220 g/mol. The zero-order valence-electron chi connectivity index (χ0n) is 9.53. The van der Waals surface area contributed by atoms with Crippen LogP contribution in [0.1, 0.15) is 23.2 Å². The third-order valence-electron chi connectivity index (χ3n) is 2.77. The normalized spacial score (nSPS) is 18.2. The molecule has 0 fully saturated rings. The maximum absolute atomic E-state index is 11.9. The van der Waals surface area contributed by atoms with Gasteiger partial charge in [-0.25, -0.2) is 0 Å². The summed E-state index contributed by atoms with van der Waals surface area (Å²) in [6.45, 7) is 0. The molecule has 0 radical (unpaired) electrons. The van der Waals surface area contributed by atoms with E-state index in [0.717, 1.165) is 5.69 Å². The van der Waals surface area contributed by atoms with Gasteiger partial charge in [0.05, 0.1) is 7.11 Å². The first-order valence-corrected chi connectivity index (χ1v) is 5.36. The van der Waals surface area contributed by atoms with Crippen LogP contribution in [-0.2, 0) is 4.79 Å². The van der Waals surface area contributed by atoms with E-state index in [4.69, 9.17) is 10.5 Å². The number of fused-ring (bicyclic) bond motifs is 1. The molecular formula is C12H14N2O3. The van der Waals surface area contributed by atoms with E-state index in [9.17, 15) is 9.59 Å². The molecule has 0 spiro atoms. The van der Waals surface area contributed by atoms with Gasteiger partial charge >= 0.3 is 0 Å². The Kier molecular flexibility index (Phi) is 2.99. The molecule has 1 aliphatic heterocycles. The van der Waals surface area contributed by atoms with E-state index in [1.165, 1.54) is 0 Å². The van der Waals surface area contributed by atoms with Crippen LogP contribution in [0.15, 0.2) is 18.2 Å². The summed E-state index contributed by atoms with van der Waals surface area (Å²) in [5, 5.41) is 3.13. The second-order valence-corrected chi connectivity index (χ2v) is 4.05. The molecule has 1 atom stereocenters. The molecule has 2 rings (SSSR count). The van der Waals surface area contributed by atoms with Gasteiger partial charge in [-0.2, -0.15) is 0 Å². The van der Waals surface area contributed by atoms with Gasteiger partial charge in [0.1, 0.15) is 5.75 Å². The minimum absolute atomic E-state index is 0.00361. The number of carbonyl (C=O) groups excluding carboxylic acids is 2. The zero-order chi connectivity index (χ0) is 12.4. The predicted octanol–water partition coefficient (Wildman–Crippen LogP) is 0.937. The quantitative estimate of drug-likeness (QED) is 0.815. The lowest BCUT2D eigenvalue weighted by atomic mass is 9.94. The van der Waals surface area contributed by atoms with Crippen LogP contribution in [0.5, 0.6) is 5.75 Å². The Labute approximate surface area is 98.9 Å². The first-order chi connectivity index (χ1) is 8.10. The average Bonchev–Trinajstić information content (AvgIpc) is 2.28. The Morgan fingerprint density at radius 1 is 1.59 bits per heavy atom. The summed E-state index contributed by atoms with van der Waals surface area (Å²) in [6, 6.07) is 5.04. The molecule has 90 valence electrons. The number of nitrogens with one attached hydrogen (secondary N) is 1. The highest BCUT2D eigenvalue weighted by molar-refractivity contribution is 6.04. The Bertz CT molecular complexity index is 471. The number of rotatable bonds is 3. The molecule has 3 N–H and O–H groups in total. The maximum Gasteiger partial charge on any atom is 0.219 e. The fourth-order valence-electron chi connectivity index (χ4n) is 1.98. The summed E-state index contributed by atoms with van der Waals surface area (Å²) in [7, 11) is 1.55. The van der Waals surface area contributed by atoms with Crippen LogP contribution < -0.4 is 15.8 Å². The van der Waals surface area contributed by atoms with Gasteiger partial charge in [-0.05, 0) is 18.2 Å². The van der Waals surface area contributed by atoms with E-state index in [0.29, 0.717) is 11.3 Å². The van der Waals surface area contributed by atoms with Crippen LogP contribution in [0.2, 0.25) is 0 Å². The largest absolute Gasteiger partial charge is 0.497 e. The smallest absolute Gasteiger partial charge is 0.219 e. The standard InChI is InChI=1S/C12H14N2O3/c1-17-8-2-3-10-9(6-8)11(15)4-7(14-10)5-12(13)16/h2-3,6-7,14H,4-5H2,1H3,(H2,13,16). The van der Waals surface area contributed by atoms with Crippen molar-refractivity contribution in [2.24, 2.45) is 5.73 Å². The molecule has 1 amide bonds. The second kappa shape index (κ2) is 4.45. The lowest BCUT2D eigenvalue weighted by Gasteiger charge is -2.25. The molecule has 17 heavy (non-hydrogen) atoms. The number of nitrogens with two attached hydrogens (primary N) is 1. The van der Waals surface area contributed by atoms with Crippen molar-refractivity contribution in [2.45, 2.75) is 18.9 Å². The lowest BCUT2D eigenvalue weighted by molar-refractivity contribution is -0.118. The number of carbonyl (C=O) groups is 2. The molecule has 1 aromatic carbocycles. The first-order valence-electron chi connectivity index (χ1n) is 5.36. The molecule has 0 aromatic heterocycles. The molecule has 0 saturated heterocycles. The minimum Gasteiger partial charge on any atom is -0.497 e. The van der Waals surface area contributed by atoms with Crippen molar-refractivity contribution in [1.29, 1.82) is 0 Å². The van der Waals surface area contributed by atoms with Crippen LogP contribution in [0.25, 0.3) is 0 Å². The summed E-state index contributed by atoms with van der Waals surface area (Å²) in [5.74, 6) is 0.239. The number of methoxy groups -OCH3 is 1. The van der Waals surface area contributed by atoms with Crippen LogP contribution in [-0.4, -0.2) is 24.8 Å². The van der Waals surface area contributed by atoms with E-state index < -0.39 is 5.91 Å². The van der Waals surface area contributed by atoms with Crippen LogP contribution in [0.3, 0.4) is 0 Å². The lowest BCUT2D eigenvalue weighted by Crippen LogP contribution is -2.33. The molecule has 5 nitrogen and oxygen atoms in total. The number of primary amides is 1. The molecule has 0 saturated carbocycles. The van der Waals surface area contributed by atoms with Crippen molar-refractivity contribution in [3.63, 3.8) is 0 Å². The molecule has 1 aromatic rings. The molecule has 1 aliphatic rings. The number of hydrogen-bond donors (Lipinski definition) is 2. The van der Waals surface area contributed by atoms with Crippen LogP contribution >= 0.6 is 0 Å². The third-order valence-corrected chi connectivity index (χ3v) is 2.77. The van der Waals surface area contributed by atoms with Gasteiger partial charge in [-0.15, -0.1) is 0 Å². The van der Waals surface area contributed by atoms with Crippen molar-refractivity contribution in [2.75, 3.05) is 12.4 Å². The second-order valence-electron chi connectivity index (χ2n) is 4.05. The number of Topliss-reactive ketones (excluding diaryl/α,β-unsaturated/α-hetero) is 1. The van der Waals surface area contributed by atoms with Crippen molar-refractivity contribution < 1.29 is 14.3 Å². The number of amides is 1. The topological polar surface area (TPSA) is 81.4 Å². The summed E-state index contributed by atoms with van der Waals surface area (Å²) in [4.78, 5) is 22.7. The maximum atomic E-state index is 11.9. The minimum atomic E-state index is -0.410. The fourth-order valence-corrected chi connectivity index (χ4v) is 1.98. The zero-order valence-corrected chi connectivity index (χ0v) is 9.53. The van der Waals surface area contributed by atoms with Crippen LogP contribution in [0.4, 0.5) is 5.69 Å². The summed E-state index contributed by atoms with van der Waals surface area (Å²) < 4.78 is 5.07. The molecule has 1 heterocycles. The van der Waals surface area contributed by atoms with Crippen molar-refractivity contribution in [3.8, 4) is 5.75 Å². The molecule has 1 unspecified atom stereocenters. The van der Waals surface area contributed by atoms with E-state index in [1.807, 2.05) is 0 Å². The van der Waals surface area contributed by atoms with E-state index in [2.05, 4.69) is 5.32 Å². The number of ether oxygens (including phenoxy) is 1. The summed E-state index contributed by atoms with van der Waals surface area (Å²) >= 11 is 0. The van der Waals surface area contributed by atoms with Gasteiger partial charge in [-0.3, -0.25) is 9.59 Å².